The van der Waals surface area contributed by atoms with E-state index in [2.05, 4.69) is 9.72 Å². The number of esters is 2. The Kier molecular flexibility index (Phi) is 6.69. The molecule has 0 saturated carbocycles. The number of pyridine rings is 1. The van der Waals surface area contributed by atoms with Crippen molar-refractivity contribution in [1.29, 1.82) is 0 Å². The molecule has 2 aromatic carbocycles. The van der Waals surface area contributed by atoms with Gasteiger partial charge in [-0.05, 0) is 29.7 Å². The number of hydrogen-bond acceptors (Lipinski definition) is 7. The summed E-state index contributed by atoms with van der Waals surface area (Å²) in [5, 5.41) is 0.530. The highest BCUT2D eigenvalue weighted by Gasteiger charge is 2.35. The van der Waals surface area contributed by atoms with Crippen LogP contribution < -0.4 is 10.5 Å². The molecule has 1 aliphatic heterocycles. The third kappa shape index (κ3) is 5.32. The zero-order valence-electron chi connectivity index (χ0n) is 18.8. The van der Waals surface area contributed by atoms with Crippen molar-refractivity contribution >= 4 is 34.5 Å². The number of rotatable bonds is 6. The van der Waals surface area contributed by atoms with Crippen LogP contribution in [-0.4, -0.2) is 48.9 Å². The molecule has 1 fully saturated rings. The molecule has 1 aromatic heterocycles. The summed E-state index contributed by atoms with van der Waals surface area (Å²) in [6.07, 6.45) is -6.13. The summed E-state index contributed by atoms with van der Waals surface area (Å²) in [7, 11) is 0. The number of carbonyl (C=O) groups excluding carboxylic acids is 3. The fourth-order valence-electron chi connectivity index (χ4n) is 3.73. The summed E-state index contributed by atoms with van der Waals surface area (Å²) in [5.74, 6) is -1.45. The predicted molar refractivity (Wildman–Crippen MR) is 120 cm³/mol. The molecule has 4 rings (SSSR count). The number of alkyl halides is 3. The van der Waals surface area contributed by atoms with Crippen molar-refractivity contribution in [3.05, 3.63) is 64.4 Å². The number of ether oxygens (including phenoxy) is 3. The number of halogens is 3. The third-order valence-electron chi connectivity index (χ3n) is 5.36. The average molecular weight is 504 g/mol. The van der Waals surface area contributed by atoms with Crippen LogP contribution >= 0.6 is 0 Å². The van der Waals surface area contributed by atoms with Gasteiger partial charge in [-0.25, -0.2) is 9.59 Å². The Balaban J connectivity index is 1.54. The number of cyclic esters (lactones) is 1. The van der Waals surface area contributed by atoms with Crippen molar-refractivity contribution in [2.75, 3.05) is 24.7 Å². The Morgan fingerprint density at radius 3 is 2.58 bits per heavy atom. The number of nitrogens with zero attached hydrogens (tertiary/aromatic N) is 1. The Morgan fingerprint density at radius 2 is 1.86 bits per heavy atom. The first kappa shape index (κ1) is 24.8. The van der Waals surface area contributed by atoms with Crippen LogP contribution in [0.15, 0.2) is 53.3 Å². The van der Waals surface area contributed by atoms with Crippen LogP contribution in [0.1, 0.15) is 12.5 Å². The summed E-state index contributed by atoms with van der Waals surface area (Å²) in [5.41, 5.74) is -1.36. The molecular formula is C24H19F3N2O7. The zero-order chi connectivity index (χ0) is 26.0. The lowest BCUT2D eigenvalue weighted by Gasteiger charge is -2.15. The van der Waals surface area contributed by atoms with Gasteiger partial charge < -0.3 is 19.2 Å². The van der Waals surface area contributed by atoms with Crippen LogP contribution in [0.5, 0.6) is 0 Å². The van der Waals surface area contributed by atoms with Crippen LogP contribution in [0.3, 0.4) is 0 Å². The minimum atomic E-state index is -4.60. The van der Waals surface area contributed by atoms with E-state index in [0.29, 0.717) is 11.1 Å². The Morgan fingerprint density at radius 1 is 1.11 bits per heavy atom. The fourth-order valence-corrected chi connectivity index (χ4v) is 3.73. The van der Waals surface area contributed by atoms with E-state index in [1.807, 2.05) is 0 Å². The lowest BCUT2D eigenvalue weighted by Crippen LogP contribution is -2.27. The first-order valence-corrected chi connectivity index (χ1v) is 10.6. The van der Waals surface area contributed by atoms with Crippen LogP contribution in [-0.2, 0) is 30.0 Å². The molecular weight excluding hydrogens is 485 g/mol. The van der Waals surface area contributed by atoms with Gasteiger partial charge in [0.1, 0.15) is 6.61 Å². The van der Waals surface area contributed by atoms with E-state index >= 15 is 0 Å². The normalized spacial score (nSPS) is 15.6. The highest BCUT2D eigenvalue weighted by molar-refractivity contribution is 5.95. The van der Waals surface area contributed by atoms with Crippen molar-refractivity contribution in [2.45, 2.75) is 19.2 Å². The largest absolute Gasteiger partial charge is 0.459 e. The molecule has 0 spiro atoms. The Hall–Kier alpha value is -4.35. The number of nitrogens with one attached hydrogen (secondary N) is 1. The first-order valence-electron chi connectivity index (χ1n) is 10.6. The van der Waals surface area contributed by atoms with Gasteiger partial charge in [-0.3, -0.25) is 14.5 Å². The van der Waals surface area contributed by atoms with E-state index in [-0.39, 0.29) is 29.8 Å². The number of carbonyl (C=O) groups is 3. The van der Waals surface area contributed by atoms with E-state index in [1.165, 1.54) is 47.4 Å². The molecule has 188 valence electrons. The van der Waals surface area contributed by atoms with E-state index < -0.39 is 48.0 Å². The molecule has 0 aliphatic carbocycles. The maximum absolute atomic E-state index is 13.4. The fraction of sp³-hybridized carbons (Fsp3) is 0.250. The second kappa shape index (κ2) is 9.72. The van der Waals surface area contributed by atoms with Crippen molar-refractivity contribution < 1.29 is 41.8 Å². The van der Waals surface area contributed by atoms with Crippen molar-refractivity contribution in [2.24, 2.45) is 0 Å². The molecule has 1 amide bonds. The molecule has 0 radical (unpaired) electrons. The third-order valence-corrected chi connectivity index (χ3v) is 5.36. The van der Waals surface area contributed by atoms with Crippen molar-refractivity contribution in [3.8, 4) is 11.3 Å². The predicted octanol–water partition coefficient (Wildman–Crippen LogP) is 3.65. The van der Waals surface area contributed by atoms with Crippen LogP contribution in [0.25, 0.3) is 22.0 Å². The van der Waals surface area contributed by atoms with Gasteiger partial charge in [0, 0.05) is 29.3 Å². The molecule has 0 bridgehead atoms. The van der Waals surface area contributed by atoms with E-state index in [9.17, 15) is 32.3 Å². The highest BCUT2D eigenvalue weighted by Crippen LogP contribution is 2.36. The number of hydrogen-bond donors (Lipinski definition) is 1. The van der Waals surface area contributed by atoms with Gasteiger partial charge in [0.25, 0.3) is 5.56 Å². The zero-order valence-corrected chi connectivity index (χ0v) is 18.8. The molecule has 1 aliphatic rings. The standard InChI is InChI=1S/C24H19F3N2O7/c1-13(30)34-12-21(31)35-11-16-10-29(23(33)36-16)15-7-6-14-8-20(28-22(32)18(14)9-15)17-4-2-3-5-19(17)24(25,26)27/h2-9,16H,10-12H2,1H3,(H,28,32)/t16-/m0/s1. The average Bonchev–Trinajstić information content (AvgIpc) is 3.21. The second-order valence-corrected chi connectivity index (χ2v) is 7.91. The van der Waals surface area contributed by atoms with E-state index in [0.717, 1.165) is 13.0 Å². The molecule has 2 heterocycles. The van der Waals surface area contributed by atoms with Gasteiger partial charge in [0.2, 0.25) is 0 Å². The Labute approximate surface area is 201 Å². The number of anilines is 1. The quantitative estimate of drug-likeness (QED) is 0.403. The number of fused-ring (bicyclic) bond motifs is 1. The van der Waals surface area contributed by atoms with Gasteiger partial charge in [0.05, 0.1) is 12.1 Å². The minimum absolute atomic E-state index is 0.00406. The monoisotopic (exact) mass is 504 g/mol. The summed E-state index contributed by atoms with van der Waals surface area (Å²) in [6, 6.07) is 10.8. The van der Waals surface area contributed by atoms with Gasteiger partial charge in [-0.15, -0.1) is 0 Å². The van der Waals surface area contributed by atoms with Crippen molar-refractivity contribution in [3.63, 3.8) is 0 Å². The molecule has 3 aromatic rings. The van der Waals surface area contributed by atoms with Gasteiger partial charge in [-0.2, -0.15) is 13.2 Å². The maximum Gasteiger partial charge on any atom is 0.417 e. The summed E-state index contributed by atoms with van der Waals surface area (Å²) >= 11 is 0. The maximum atomic E-state index is 13.4. The molecule has 1 N–H and O–H groups in total. The number of amides is 1. The van der Waals surface area contributed by atoms with Gasteiger partial charge in [0.15, 0.2) is 12.7 Å². The smallest absolute Gasteiger partial charge is 0.417 e. The molecule has 9 nitrogen and oxygen atoms in total. The highest BCUT2D eigenvalue weighted by atomic mass is 19.4. The lowest BCUT2D eigenvalue weighted by atomic mass is 10.0. The van der Waals surface area contributed by atoms with Crippen LogP contribution in [0, 0.1) is 0 Å². The van der Waals surface area contributed by atoms with Gasteiger partial charge >= 0.3 is 24.2 Å². The first-order chi connectivity index (χ1) is 17.0. The topological polar surface area (TPSA) is 115 Å². The summed E-state index contributed by atoms with van der Waals surface area (Å²) < 4.78 is 54.9. The molecule has 1 saturated heterocycles. The van der Waals surface area contributed by atoms with Crippen LogP contribution in [0.4, 0.5) is 23.7 Å². The minimum Gasteiger partial charge on any atom is -0.459 e. The van der Waals surface area contributed by atoms with Gasteiger partial charge in [-0.1, -0.05) is 24.3 Å². The number of benzene rings is 2. The molecule has 36 heavy (non-hydrogen) atoms. The van der Waals surface area contributed by atoms with Crippen molar-refractivity contribution in [1.82, 2.24) is 4.98 Å². The number of H-pyrrole nitrogens is 1. The SMILES string of the molecule is CC(=O)OCC(=O)OC[C@@H]1CN(c2ccc3cc(-c4ccccc4C(F)(F)F)[nH]c(=O)c3c2)C(=O)O1. The lowest BCUT2D eigenvalue weighted by molar-refractivity contribution is -0.159. The molecule has 0 unspecified atom stereocenters. The Bertz CT molecular complexity index is 1400. The molecule has 1 atom stereocenters. The number of aromatic nitrogens is 1. The van der Waals surface area contributed by atoms with E-state index in [1.54, 1.807) is 0 Å². The van der Waals surface area contributed by atoms with E-state index in [4.69, 9.17) is 9.47 Å². The molecule has 12 heteroatoms. The second-order valence-electron chi connectivity index (χ2n) is 7.91. The van der Waals surface area contributed by atoms with Crippen LogP contribution in [0.2, 0.25) is 0 Å². The summed E-state index contributed by atoms with van der Waals surface area (Å²) in [4.78, 5) is 51.1. The number of aromatic amines is 1. The summed E-state index contributed by atoms with van der Waals surface area (Å²) in [6.45, 7) is 0.321.